The van der Waals surface area contributed by atoms with E-state index in [1.165, 1.54) is 4.90 Å². The molecule has 1 N–H and O–H groups in total. The fourth-order valence-electron chi connectivity index (χ4n) is 3.01. The van der Waals surface area contributed by atoms with Crippen LogP contribution >= 0.6 is 0 Å². The molecule has 0 spiro atoms. The zero-order valence-electron chi connectivity index (χ0n) is 12.5. The van der Waals surface area contributed by atoms with Crippen molar-refractivity contribution in [3.63, 3.8) is 0 Å². The van der Waals surface area contributed by atoms with Crippen LogP contribution < -0.4 is 5.32 Å². The van der Waals surface area contributed by atoms with Crippen molar-refractivity contribution in [2.24, 2.45) is 17.3 Å². The Morgan fingerprint density at radius 3 is 2.53 bits per heavy atom. The Labute approximate surface area is 115 Å². The Hall–Kier alpha value is -0.900. The van der Waals surface area contributed by atoms with Gasteiger partial charge in [0.1, 0.15) is 0 Å². The zero-order valence-corrected chi connectivity index (χ0v) is 12.5. The van der Waals surface area contributed by atoms with E-state index in [9.17, 15) is 9.59 Å². The number of likely N-dealkylation sites (tertiary alicyclic amines) is 1. The summed E-state index contributed by atoms with van der Waals surface area (Å²) in [6.07, 6.45) is 2.60. The summed E-state index contributed by atoms with van der Waals surface area (Å²) in [4.78, 5) is 26.1. The standard InChI is InChI=1S/C15H26N2O2/c1-10(2)15(4)7-13(18)17(14(15)19)9-12-6-5-11(3)16-8-12/h10-12,16H,5-9H2,1-4H3. The van der Waals surface area contributed by atoms with Crippen LogP contribution in [-0.4, -0.2) is 35.8 Å². The Kier molecular flexibility index (Phi) is 4.00. The van der Waals surface area contributed by atoms with Crippen LogP contribution in [0.25, 0.3) is 0 Å². The minimum absolute atomic E-state index is 0.0137. The van der Waals surface area contributed by atoms with Gasteiger partial charge in [0.2, 0.25) is 11.8 Å². The van der Waals surface area contributed by atoms with Gasteiger partial charge in [-0.25, -0.2) is 0 Å². The summed E-state index contributed by atoms with van der Waals surface area (Å²) >= 11 is 0. The number of carbonyl (C=O) groups excluding carboxylic acids is 2. The highest BCUT2D eigenvalue weighted by Crippen LogP contribution is 2.39. The van der Waals surface area contributed by atoms with Gasteiger partial charge in [-0.2, -0.15) is 0 Å². The van der Waals surface area contributed by atoms with Crippen molar-refractivity contribution in [1.82, 2.24) is 10.2 Å². The Morgan fingerprint density at radius 1 is 1.37 bits per heavy atom. The summed E-state index contributed by atoms with van der Waals surface area (Å²) in [5.41, 5.74) is -0.494. The molecular weight excluding hydrogens is 240 g/mol. The second-order valence-corrected chi connectivity index (χ2v) is 6.81. The normalized spacial score (nSPS) is 36.4. The second-order valence-electron chi connectivity index (χ2n) is 6.81. The fourth-order valence-corrected chi connectivity index (χ4v) is 3.01. The van der Waals surface area contributed by atoms with Crippen LogP contribution in [0.5, 0.6) is 0 Å². The van der Waals surface area contributed by atoms with Crippen molar-refractivity contribution in [2.45, 2.75) is 53.0 Å². The third-order valence-corrected chi connectivity index (χ3v) is 5.03. The van der Waals surface area contributed by atoms with Crippen molar-refractivity contribution in [1.29, 1.82) is 0 Å². The minimum atomic E-state index is -0.494. The van der Waals surface area contributed by atoms with E-state index in [-0.39, 0.29) is 17.7 Å². The number of hydrogen-bond acceptors (Lipinski definition) is 3. The van der Waals surface area contributed by atoms with Gasteiger partial charge in [-0.3, -0.25) is 14.5 Å². The van der Waals surface area contributed by atoms with Gasteiger partial charge >= 0.3 is 0 Å². The van der Waals surface area contributed by atoms with Crippen LogP contribution in [0, 0.1) is 17.3 Å². The first-order valence-corrected chi connectivity index (χ1v) is 7.42. The molecule has 2 rings (SSSR count). The van der Waals surface area contributed by atoms with Gasteiger partial charge in [-0.05, 0) is 45.1 Å². The maximum Gasteiger partial charge on any atom is 0.235 e. The van der Waals surface area contributed by atoms with Gasteiger partial charge in [0, 0.05) is 19.0 Å². The maximum absolute atomic E-state index is 12.5. The number of carbonyl (C=O) groups is 2. The van der Waals surface area contributed by atoms with E-state index >= 15 is 0 Å². The molecule has 0 radical (unpaired) electrons. The topological polar surface area (TPSA) is 49.4 Å². The first-order valence-electron chi connectivity index (χ1n) is 7.42. The van der Waals surface area contributed by atoms with Gasteiger partial charge in [-0.1, -0.05) is 13.8 Å². The van der Waals surface area contributed by atoms with Crippen LogP contribution in [0.15, 0.2) is 0 Å². The minimum Gasteiger partial charge on any atom is -0.314 e. The molecule has 0 aliphatic carbocycles. The molecule has 3 atom stereocenters. The molecule has 2 aliphatic rings. The van der Waals surface area contributed by atoms with Gasteiger partial charge in [0.05, 0.1) is 5.41 Å². The number of nitrogens with zero attached hydrogens (tertiary/aromatic N) is 1. The molecule has 2 saturated heterocycles. The lowest BCUT2D eigenvalue weighted by atomic mass is 9.78. The molecular formula is C15H26N2O2. The molecule has 19 heavy (non-hydrogen) atoms. The van der Waals surface area contributed by atoms with E-state index in [1.807, 2.05) is 20.8 Å². The highest BCUT2D eigenvalue weighted by molar-refractivity contribution is 6.05. The lowest BCUT2D eigenvalue weighted by Gasteiger charge is -2.31. The molecule has 0 aromatic carbocycles. The molecule has 108 valence electrons. The molecule has 0 aromatic heterocycles. The summed E-state index contributed by atoms with van der Waals surface area (Å²) in [5, 5.41) is 3.43. The van der Waals surface area contributed by atoms with Crippen molar-refractivity contribution < 1.29 is 9.59 Å². The third kappa shape index (κ3) is 2.69. The van der Waals surface area contributed by atoms with Gasteiger partial charge in [-0.15, -0.1) is 0 Å². The number of imide groups is 1. The van der Waals surface area contributed by atoms with Gasteiger partial charge in [0.25, 0.3) is 0 Å². The first kappa shape index (κ1) is 14.5. The Morgan fingerprint density at radius 2 is 2.05 bits per heavy atom. The van der Waals surface area contributed by atoms with Crippen molar-refractivity contribution in [2.75, 3.05) is 13.1 Å². The van der Waals surface area contributed by atoms with Crippen LogP contribution in [0.4, 0.5) is 0 Å². The summed E-state index contributed by atoms with van der Waals surface area (Å²) < 4.78 is 0. The average Bonchev–Trinajstić information content (AvgIpc) is 2.57. The third-order valence-electron chi connectivity index (χ3n) is 5.03. The molecule has 2 amide bonds. The largest absolute Gasteiger partial charge is 0.314 e. The Balaban J connectivity index is 2.01. The molecule has 2 fully saturated rings. The number of rotatable bonds is 3. The summed E-state index contributed by atoms with van der Waals surface area (Å²) in [6.45, 7) is 9.67. The van der Waals surface area contributed by atoms with Crippen LogP contribution in [-0.2, 0) is 9.59 Å². The van der Waals surface area contributed by atoms with E-state index in [1.54, 1.807) is 0 Å². The predicted octanol–water partition coefficient (Wildman–Crippen LogP) is 1.80. The number of hydrogen-bond donors (Lipinski definition) is 1. The second kappa shape index (κ2) is 5.23. The van der Waals surface area contributed by atoms with Crippen molar-refractivity contribution in [3.05, 3.63) is 0 Å². The lowest BCUT2D eigenvalue weighted by Crippen LogP contribution is -2.45. The molecule has 4 nitrogen and oxygen atoms in total. The van der Waals surface area contributed by atoms with Crippen molar-refractivity contribution >= 4 is 11.8 Å². The first-order chi connectivity index (χ1) is 8.84. The molecule has 2 heterocycles. The van der Waals surface area contributed by atoms with E-state index < -0.39 is 5.41 Å². The van der Waals surface area contributed by atoms with E-state index in [0.717, 1.165) is 19.4 Å². The maximum atomic E-state index is 12.5. The average molecular weight is 266 g/mol. The molecule has 4 heteroatoms. The van der Waals surface area contributed by atoms with Gasteiger partial charge in [0.15, 0.2) is 0 Å². The summed E-state index contributed by atoms with van der Waals surface area (Å²) in [6, 6.07) is 0.558. The van der Waals surface area contributed by atoms with E-state index in [0.29, 0.717) is 24.9 Å². The van der Waals surface area contributed by atoms with Crippen LogP contribution in [0.2, 0.25) is 0 Å². The molecule has 0 bridgehead atoms. The highest BCUT2D eigenvalue weighted by Gasteiger charge is 2.50. The molecule has 2 aliphatic heterocycles. The Bertz CT molecular complexity index is 372. The fraction of sp³-hybridized carbons (Fsp3) is 0.867. The quantitative estimate of drug-likeness (QED) is 0.792. The summed E-state index contributed by atoms with van der Waals surface area (Å²) in [7, 11) is 0. The highest BCUT2D eigenvalue weighted by atomic mass is 16.2. The number of nitrogens with one attached hydrogen (secondary N) is 1. The molecule has 3 unspecified atom stereocenters. The van der Waals surface area contributed by atoms with Crippen LogP contribution in [0.3, 0.4) is 0 Å². The zero-order chi connectivity index (χ0) is 14.2. The van der Waals surface area contributed by atoms with Crippen molar-refractivity contribution in [3.8, 4) is 0 Å². The lowest BCUT2D eigenvalue weighted by molar-refractivity contribution is -0.142. The summed E-state index contributed by atoms with van der Waals surface area (Å²) in [5.74, 6) is 0.669. The molecule has 0 saturated carbocycles. The number of piperidine rings is 1. The SMILES string of the molecule is CC1CCC(CN2C(=O)CC(C)(C(C)C)C2=O)CN1. The van der Waals surface area contributed by atoms with E-state index in [4.69, 9.17) is 0 Å². The van der Waals surface area contributed by atoms with Crippen LogP contribution in [0.1, 0.15) is 47.0 Å². The smallest absolute Gasteiger partial charge is 0.235 e. The monoisotopic (exact) mass is 266 g/mol. The number of amides is 2. The van der Waals surface area contributed by atoms with E-state index in [2.05, 4.69) is 12.2 Å². The molecule has 0 aromatic rings. The predicted molar refractivity (Wildman–Crippen MR) is 74.5 cm³/mol. The van der Waals surface area contributed by atoms with Gasteiger partial charge < -0.3 is 5.32 Å².